The van der Waals surface area contributed by atoms with Crippen molar-refractivity contribution in [1.82, 2.24) is 15.1 Å². The summed E-state index contributed by atoms with van der Waals surface area (Å²) >= 11 is 0. The van der Waals surface area contributed by atoms with E-state index in [9.17, 15) is 20.0 Å². The van der Waals surface area contributed by atoms with E-state index in [2.05, 4.69) is 10.4 Å². The van der Waals surface area contributed by atoms with Crippen LogP contribution in [-0.2, 0) is 7.05 Å². The molecule has 0 spiro atoms. The van der Waals surface area contributed by atoms with Crippen molar-refractivity contribution < 1.29 is 14.8 Å². The van der Waals surface area contributed by atoms with Crippen molar-refractivity contribution in [2.75, 3.05) is 6.61 Å². The minimum absolute atomic E-state index is 0.0116. The Kier molecular flexibility index (Phi) is 4.80. The Morgan fingerprint density at radius 1 is 1.44 bits per heavy atom. The van der Waals surface area contributed by atoms with Crippen molar-refractivity contribution in [3.05, 3.63) is 46.1 Å². The van der Waals surface area contributed by atoms with Crippen LogP contribution in [0, 0.1) is 16.0 Å². The number of non-ortho nitro benzene ring substituents is 1. The summed E-state index contributed by atoms with van der Waals surface area (Å²) in [5, 5.41) is 27.3. The number of aliphatic hydroxyl groups excluding tert-OH is 1. The maximum Gasteiger partial charge on any atom is 0.269 e. The smallest absolute Gasteiger partial charge is 0.269 e. The molecule has 0 saturated heterocycles. The van der Waals surface area contributed by atoms with Crippen LogP contribution in [0.25, 0.3) is 11.3 Å². The Balaban J connectivity index is 1.84. The first-order valence-corrected chi connectivity index (χ1v) is 8.19. The van der Waals surface area contributed by atoms with E-state index in [0.717, 1.165) is 12.8 Å². The molecule has 3 rings (SSSR count). The molecule has 2 N–H and O–H groups in total. The molecule has 1 aliphatic carbocycles. The summed E-state index contributed by atoms with van der Waals surface area (Å²) in [5.41, 5.74) is 1.53. The standard InChI is InChI=1S/C17H20N4O4/c1-20-10-14(17(23)18-15(8-9-22)11-2-3-11)16(19-20)12-4-6-13(7-5-12)21(24)25/h4-7,10-11,15,22H,2-3,8-9H2,1H3,(H,18,23). The van der Waals surface area contributed by atoms with Crippen LogP contribution in [-0.4, -0.2) is 38.4 Å². The number of amides is 1. The lowest BCUT2D eigenvalue weighted by Gasteiger charge is -2.17. The second-order valence-electron chi connectivity index (χ2n) is 6.30. The second kappa shape index (κ2) is 7.02. The number of benzene rings is 1. The van der Waals surface area contributed by atoms with Crippen LogP contribution >= 0.6 is 0 Å². The zero-order chi connectivity index (χ0) is 18.0. The maximum atomic E-state index is 12.7. The number of aliphatic hydroxyl groups is 1. The third-order valence-corrected chi connectivity index (χ3v) is 4.37. The number of aryl methyl sites for hydroxylation is 1. The highest BCUT2D eigenvalue weighted by atomic mass is 16.6. The zero-order valence-electron chi connectivity index (χ0n) is 13.9. The Hall–Kier alpha value is -2.74. The van der Waals surface area contributed by atoms with Crippen LogP contribution in [0.15, 0.2) is 30.5 Å². The molecule has 0 bridgehead atoms. The van der Waals surface area contributed by atoms with Gasteiger partial charge in [0.05, 0.1) is 10.5 Å². The van der Waals surface area contributed by atoms with Gasteiger partial charge in [0, 0.05) is 43.6 Å². The maximum absolute atomic E-state index is 12.7. The zero-order valence-corrected chi connectivity index (χ0v) is 13.9. The van der Waals surface area contributed by atoms with E-state index in [4.69, 9.17) is 0 Å². The molecular formula is C17H20N4O4. The summed E-state index contributed by atoms with van der Waals surface area (Å²) in [5.74, 6) is 0.183. The van der Waals surface area contributed by atoms with Crippen molar-refractivity contribution in [1.29, 1.82) is 0 Å². The molecule has 2 aromatic rings. The number of carbonyl (C=O) groups excluding carboxylic acids is 1. The number of nitrogens with zero attached hydrogens (tertiary/aromatic N) is 3. The van der Waals surface area contributed by atoms with E-state index in [1.54, 1.807) is 30.1 Å². The van der Waals surface area contributed by atoms with Gasteiger partial charge in [-0.3, -0.25) is 19.6 Å². The van der Waals surface area contributed by atoms with Crippen LogP contribution in [0.5, 0.6) is 0 Å². The number of rotatable bonds is 7. The number of nitrogens with one attached hydrogen (secondary N) is 1. The predicted octanol–water partition coefficient (Wildman–Crippen LogP) is 1.89. The molecule has 1 unspecified atom stereocenters. The number of hydrogen-bond acceptors (Lipinski definition) is 5. The van der Waals surface area contributed by atoms with Crippen molar-refractivity contribution in [2.24, 2.45) is 13.0 Å². The Bertz CT molecular complexity index is 780. The predicted molar refractivity (Wildman–Crippen MR) is 91.0 cm³/mol. The fourth-order valence-corrected chi connectivity index (χ4v) is 2.92. The number of hydrogen-bond donors (Lipinski definition) is 2. The molecule has 25 heavy (non-hydrogen) atoms. The SMILES string of the molecule is Cn1cc(C(=O)NC(CCO)C2CC2)c(-c2ccc([N+](=O)[O-])cc2)n1. The molecule has 0 radical (unpaired) electrons. The lowest BCUT2D eigenvalue weighted by Crippen LogP contribution is -2.37. The molecule has 132 valence electrons. The van der Waals surface area contributed by atoms with Gasteiger partial charge in [-0.2, -0.15) is 5.10 Å². The molecule has 1 heterocycles. The highest BCUT2D eigenvalue weighted by Gasteiger charge is 2.32. The van der Waals surface area contributed by atoms with Gasteiger partial charge in [0.2, 0.25) is 0 Å². The molecule has 1 aromatic heterocycles. The summed E-state index contributed by atoms with van der Waals surface area (Å²) in [6.07, 6.45) is 4.29. The number of nitro benzene ring substituents is 1. The average molecular weight is 344 g/mol. The Labute approximate surface area is 144 Å². The second-order valence-corrected chi connectivity index (χ2v) is 6.30. The third-order valence-electron chi connectivity index (χ3n) is 4.37. The van der Waals surface area contributed by atoms with Gasteiger partial charge in [0.25, 0.3) is 11.6 Å². The van der Waals surface area contributed by atoms with Gasteiger partial charge in [-0.25, -0.2) is 0 Å². The molecule has 1 aromatic carbocycles. The Morgan fingerprint density at radius 2 is 2.12 bits per heavy atom. The summed E-state index contributed by atoms with van der Waals surface area (Å²) in [6.45, 7) is 0.0314. The Morgan fingerprint density at radius 3 is 2.68 bits per heavy atom. The van der Waals surface area contributed by atoms with Gasteiger partial charge >= 0.3 is 0 Å². The minimum Gasteiger partial charge on any atom is -0.396 e. The molecule has 0 aliphatic heterocycles. The summed E-state index contributed by atoms with van der Waals surface area (Å²) in [7, 11) is 1.72. The van der Waals surface area contributed by atoms with E-state index in [1.165, 1.54) is 12.1 Å². The van der Waals surface area contributed by atoms with Crippen molar-refractivity contribution >= 4 is 11.6 Å². The van der Waals surface area contributed by atoms with Crippen molar-refractivity contribution in [3.8, 4) is 11.3 Å². The average Bonchev–Trinajstić information content (AvgIpc) is 3.36. The first-order valence-electron chi connectivity index (χ1n) is 8.19. The van der Waals surface area contributed by atoms with Crippen LogP contribution in [0.3, 0.4) is 0 Å². The monoisotopic (exact) mass is 344 g/mol. The molecule has 1 fully saturated rings. The molecule has 8 nitrogen and oxygen atoms in total. The lowest BCUT2D eigenvalue weighted by molar-refractivity contribution is -0.384. The van der Waals surface area contributed by atoms with Crippen LogP contribution in [0.1, 0.15) is 29.6 Å². The lowest BCUT2D eigenvalue weighted by atomic mass is 10.1. The molecular weight excluding hydrogens is 324 g/mol. The van der Waals surface area contributed by atoms with Gasteiger partial charge < -0.3 is 10.4 Å². The number of nitro groups is 1. The fourth-order valence-electron chi connectivity index (χ4n) is 2.92. The molecule has 1 saturated carbocycles. The summed E-state index contributed by atoms with van der Waals surface area (Å²) in [6, 6.07) is 5.92. The van der Waals surface area contributed by atoms with Crippen molar-refractivity contribution in [2.45, 2.75) is 25.3 Å². The number of carbonyl (C=O) groups is 1. The van der Waals surface area contributed by atoms with Gasteiger partial charge in [0.1, 0.15) is 5.69 Å². The molecule has 1 aliphatic rings. The van der Waals surface area contributed by atoms with Crippen LogP contribution in [0.2, 0.25) is 0 Å². The van der Waals surface area contributed by atoms with E-state index >= 15 is 0 Å². The molecule has 1 atom stereocenters. The van der Waals surface area contributed by atoms with E-state index in [0.29, 0.717) is 29.2 Å². The van der Waals surface area contributed by atoms with E-state index in [1.807, 2.05) is 0 Å². The minimum atomic E-state index is -0.467. The van der Waals surface area contributed by atoms with E-state index in [-0.39, 0.29) is 24.2 Å². The first-order chi connectivity index (χ1) is 12.0. The van der Waals surface area contributed by atoms with E-state index < -0.39 is 4.92 Å². The van der Waals surface area contributed by atoms with Gasteiger partial charge in [-0.1, -0.05) is 0 Å². The molecule has 1 amide bonds. The van der Waals surface area contributed by atoms with Gasteiger partial charge in [-0.15, -0.1) is 0 Å². The fraction of sp³-hybridized carbons (Fsp3) is 0.412. The van der Waals surface area contributed by atoms with Crippen LogP contribution < -0.4 is 5.32 Å². The normalized spacial score (nSPS) is 15.0. The quantitative estimate of drug-likeness (QED) is 0.588. The third kappa shape index (κ3) is 3.85. The first kappa shape index (κ1) is 17.1. The summed E-state index contributed by atoms with van der Waals surface area (Å²) < 4.78 is 1.55. The van der Waals surface area contributed by atoms with Gasteiger partial charge in [-0.05, 0) is 37.3 Å². The molecule has 8 heteroatoms. The summed E-state index contributed by atoms with van der Waals surface area (Å²) in [4.78, 5) is 23.0. The van der Waals surface area contributed by atoms with Gasteiger partial charge in [0.15, 0.2) is 0 Å². The van der Waals surface area contributed by atoms with Crippen LogP contribution in [0.4, 0.5) is 5.69 Å². The highest BCUT2D eigenvalue weighted by Crippen LogP contribution is 2.34. The number of aromatic nitrogens is 2. The van der Waals surface area contributed by atoms with Crippen molar-refractivity contribution in [3.63, 3.8) is 0 Å². The topological polar surface area (TPSA) is 110 Å². The largest absolute Gasteiger partial charge is 0.396 e. The highest BCUT2D eigenvalue weighted by molar-refractivity contribution is 6.00.